The third-order valence-electron chi connectivity index (χ3n) is 3.15. The molecule has 0 aliphatic carbocycles. The van der Waals surface area contributed by atoms with Gasteiger partial charge in [-0.05, 0) is 29.5 Å². The van der Waals surface area contributed by atoms with Crippen LogP contribution in [0.2, 0.25) is 0 Å². The molecule has 0 bridgehead atoms. The van der Waals surface area contributed by atoms with Crippen molar-refractivity contribution in [2.45, 2.75) is 26.2 Å². The molecule has 78 valence electrons. The molecule has 0 saturated heterocycles. The molecule has 2 heteroatoms. The van der Waals surface area contributed by atoms with E-state index in [-0.39, 0.29) is 5.41 Å². The van der Waals surface area contributed by atoms with Gasteiger partial charge in [-0.15, -0.1) is 0 Å². The molecular formula is C12H18BrN. The van der Waals surface area contributed by atoms with Gasteiger partial charge in [-0.25, -0.2) is 0 Å². The highest BCUT2D eigenvalue weighted by molar-refractivity contribution is 9.10. The summed E-state index contributed by atoms with van der Waals surface area (Å²) in [5.74, 6) is 0.473. The Hall–Kier alpha value is -0.340. The van der Waals surface area contributed by atoms with Gasteiger partial charge in [0.05, 0.1) is 0 Å². The van der Waals surface area contributed by atoms with E-state index in [0.29, 0.717) is 12.5 Å². The molecule has 0 spiro atoms. The summed E-state index contributed by atoms with van der Waals surface area (Å²) in [6.45, 7) is 7.39. The van der Waals surface area contributed by atoms with E-state index in [1.54, 1.807) is 0 Å². The van der Waals surface area contributed by atoms with Gasteiger partial charge in [0.25, 0.3) is 0 Å². The minimum Gasteiger partial charge on any atom is -0.330 e. The summed E-state index contributed by atoms with van der Waals surface area (Å²) in [5.41, 5.74) is 7.18. The van der Waals surface area contributed by atoms with Crippen LogP contribution in [0.4, 0.5) is 0 Å². The molecule has 14 heavy (non-hydrogen) atoms. The second-order valence-electron chi connectivity index (χ2n) is 4.34. The Balaban J connectivity index is 3.09. The van der Waals surface area contributed by atoms with Crippen LogP contribution in [0, 0.1) is 5.92 Å². The summed E-state index contributed by atoms with van der Waals surface area (Å²) < 4.78 is 1.17. The van der Waals surface area contributed by atoms with E-state index in [9.17, 15) is 0 Å². The van der Waals surface area contributed by atoms with Crippen molar-refractivity contribution >= 4 is 15.9 Å². The van der Waals surface area contributed by atoms with E-state index in [2.05, 4.69) is 54.9 Å². The minimum atomic E-state index is 0.120. The van der Waals surface area contributed by atoms with E-state index in [1.165, 1.54) is 10.0 Å². The van der Waals surface area contributed by atoms with Crippen LogP contribution in [-0.4, -0.2) is 6.54 Å². The van der Waals surface area contributed by atoms with Gasteiger partial charge in [0.1, 0.15) is 0 Å². The van der Waals surface area contributed by atoms with Crippen molar-refractivity contribution in [3.05, 3.63) is 34.3 Å². The zero-order chi connectivity index (χ0) is 10.8. The SMILES string of the molecule is CC(CN)C(C)(C)c1ccccc1Br. The molecular weight excluding hydrogens is 238 g/mol. The quantitative estimate of drug-likeness (QED) is 0.882. The molecule has 1 aromatic rings. The predicted octanol–water partition coefficient (Wildman–Crippen LogP) is 3.32. The van der Waals surface area contributed by atoms with E-state index < -0.39 is 0 Å². The van der Waals surface area contributed by atoms with Gasteiger partial charge in [0.2, 0.25) is 0 Å². The summed E-state index contributed by atoms with van der Waals surface area (Å²) in [6.07, 6.45) is 0. The Morgan fingerprint density at radius 3 is 2.43 bits per heavy atom. The molecule has 0 amide bonds. The molecule has 1 atom stereocenters. The number of nitrogens with two attached hydrogens (primary N) is 1. The first-order valence-electron chi connectivity index (χ1n) is 4.95. The van der Waals surface area contributed by atoms with Crippen molar-refractivity contribution in [2.24, 2.45) is 11.7 Å². The standard InChI is InChI=1S/C12H18BrN/c1-9(8-14)12(2,3)10-6-4-5-7-11(10)13/h4-7,9H,8,14H2,1-3H3. The first-order chi connectivity index (χ1) is 6.50. The van der Waals surface area contributed by atoms with Crippen LogP contribution in [-0.2, 0) is 5.41 Å². The first-order valence-corrected chi connectivity index (χ1v) is 5.74. The zero-order valence-electron chi connectivity index (χ0n) is 9.05. The van der Waals surface area contributed by atoms with Gasteiger partial charge in [-0.3, -0.25) is 0 Å². The van der Waals surface area contributed by atoms with Crippen LogP contribution < -0.4 is 5.73 Å². The first kappa shape index (κ1) is 11.7. The molecule has 0 aliphatic heterocycles. The lowest BCUT2D eigenvalue weighted by Gasteiger charge is -2.32. The fraction of sp³-hybridized carbons (Fsp3) is 0.500. The summed E-state index contributed by atoms with van der Waals surface area (Å²) in [4.78, 5) is 0. The Kier molecular flexibility index (Phi) is 3.73. The largest absolute Gasteiger partial charge is 0.330 e. The highest BCUT2D eigenvalue weighted by Gasteiger charge is 2.28. The maximum absolute atomic E-state index is 5.73. The minimum absolute atomic E-state index is 0.120. The Labute approximate surface area is 94.8 Å². The smallest absolute Gasteiger partial charge is 0.0212 e. The van der Waals surface area contributed by atoms with Crippen molar-refractivity contribution in [2.75, 3.05) is 6.54 Å². The number of hydrogen-bond acceptors (Lipinski definition) is 1. The lowest BCUT2D eigenvalue weighted by Crippen LogP contribution is -2.32. The average molecular weight is 256 g/mol. The molecule has 1 aromatic carbocycles. The highest BCUT2D eigenvalue weighted by Crippen LogP contribution is 2.35. The zero-order valence-corrected chi connectivity index (χ0v) is 10.6. The molecule has 0 radical (unpaired) electrons. The van der Waals surface area contributed by atoms with E-state index in [4.69, 9.17) is 5.73 Å². The fourth-order valence-corrected chi connectivity index (χ4v) is 2.34. The second kappa shape index (κ2) is 4.45. The number of halogens is 1. The third kappa shape index (κ3) is 2.18. The van der Waals surface area contributed by atoms with Gasteiger partial charge in [-0.1, -0.05) is 54.9 Å². The molecule has 1 nitrogen and oxygen atoms in total. The monoisotopic (exact) mass is 255 g/mol. The van der Waals surface area contributed by atoms with E-state index in [0.717, 1.165) is 0 Å². The average Bonchev–Trinajstić information content (AvgIpc) is 2.17. The molecule has 0 fully saturated rings. The lowest BCUT2D eigenvalue weighted by molar-refractivity contribution is 0.351. The number of benzene rings is 1. The lowest BCUT2D eigenvalue weighted by atomic mass is 9.74. The van der Waals surface area contributed by atoms with Crippen LogP contribution in [0.15, 0.2) is 28.7 Å². The van der Waals surface area contributed by atoms with E-state index >= 15 is 0 Å². The van der Waals surface area contributed by atoms with Crippen molar-refractivity contribution in [3.8, 4) is 0 Å². The van der Waals surface area contributed by atoms with Gasteiger partial charge < -0.3 is 5.73 Å². The van der Waals surface area contributed by atoms with E-state index in [1.807, 2.05) is 6.07 Å². The predicted molar refractivity (Wildman–Crippen MR) is 65.4 cm³/mol. The van der Waals surface area contributed by atoms with Crippen LogP contribution in [0.3, 0.4) is 0 Å². The maximum Gasteiger partial charge on any atom is 0.0212 e. The Morgan fingerprint density at radius 2 is 1.93 bits per heavy atom. The topological polar surface area (TPSA) is 26.0 Å². The summed E-state index contributed by atoms with van der Waals surface area (Å²) in [6, 6.07) is 8.36. The molecule has 0 aromatic heterocycles. The van der Waals surface area contributed by atoms with Crippen molar-refractivity contribution in [3.63, 3.8) is 0 Å². The molecule has 1 rings (SSSR count). The molecule has 0 saturated carbocycles. The van der Waals surface area contributed by atoms with Gasteiger partial charge in [-0.2, -0.15) is 0 Å². The maximum atomic E-state index is 5.73. The van der Waals surface area contributed by atoms with Crippen molar-refractivity contribution < 1.29 is 0 Å². The summed E-state index contributed by atoms with van der Waals surface area (Å²) >= 11 is 3.59. The summed E-state index contributed by atoms with van der Waals surface area (Å²) in [7, 11) is 0. The molecule has 1 unspecified atom stereocenters. The molecule has 0 heterocycles. The molecule has 0 aliphatic rings. The number of hydrogen-bond donors (Lipinski definition) is 1. The van der Waals surface area contributed by atoms with Crippen molar-refractivity contribution in [1.82, 2.24) is 0 Å². The Morgan fingerprint density at radius 1 is 1.36 bits per heavy atom. The third-order valence-corrected chi connectivity index (χ3v) is 3.85. The van der Waals surface area contributed by atoms with Crippen LogP contribution in [0.1, 0.15) is 26.3 Å². The van der Waals surface area contributed by atoms with Gasteiger partial charge in [0, 0.05) is 4.47 Å². The van der Waals surface area contributed by atoms with Crippen LogP contribution >= 0.6 is 15.9 Å². The second-order valence-corrected chi connectivity index (χ2v) is 5.19. The number of rotatable bonds is 3. The van der Waals surface area contributed by atoms with Crippen molar-refractivity contribution in [1.29, 1.82) is 0 Å². The Bertz CT molecular complexity index is 307. The van der Waals surface area contributed by atoms with Gasteiger partial charge >= 0.3 is 0 Å². The molecule has 2 N–H and O–H groups in total. The highest BCUT2D eigenvalue weighted by atomic mass is 79.9. The van der Waals surface area contributed by atoms with Crippen LogP contribution in [0.5, 0.6) is 0 Å². The normalized spacial score (nSPS) is 14.1. The van der Waals surface area contributed by atoms with Gasteiger partial charge in [0.15, 0.2) is 0 Å². The fourth-order valence-electron chi connectivity index (χ4n) is 1.54. The summed E-state index contributed by atoms with van der Waals surface area (Å²) in [5, 5.41) is 0. The van der Waals surface area contributed by atoms with Crippen LogP contribution in [0.25, 0.3) is 0 Å².